The van der Waals surface area contributed by atoms with Gasteiger partial charge in [0.2, 0.25) is 0 Å². The highest BCUT2D eigenvalue weighted by Crippen LogP contribution is 2.26. The van der Waals surface area contributed by atoms with Crippen LogP contribution < -0.4 is 4.74 Å². The first-order chi connectivity index (χ1) is 10.6. The van der Waals surface area contributed by atoms with Gasteiger partial charge in [0.25, 0.3) is 0 Å². The number of carbonyl (C=O) groups is 1. The van der Waals surface area contributed by atoms with Gasteiger partial charge in [0, 0.05) is 11.4 Å². The Morgan fingerprint density at radius 1 is 1.41 bits per heavy atom. The van der Waals surface area contributed by atoms with Crippen molar-refractivity contribution in [3.05, 3.63) is 46.3 Å². The van der Waals surface area contributed by atoms with Crippen LogP contribution in [0.3, 0.4) is 0 Å². The van der Waals surface area contributed by atoms with Gasteiger partial charge < -0.3 is 4.74 Å². The number of esters is 1. The monoisotopic (exact) mass is 311 g/mol. The molecule has 110 valence electrons. The van der Waals surface area contributed by atoms with Crippen LogP contribution in [0.15, 0.2) is 35.7 Å². The van der Waals surface area contributed by atoms with Crippen LogP contribution in [0.1, 0.15) is 35.3 Å². The van der Waals surface area contributed by atoms with Crippen molar-refractivity contribution < 1.29 is 9.53 Å². The molecule has 0 N–H and O–H groups in total. The summed E-state index contributed by atoms with van der Waals surface area (Å²) >= 11 is 1.33. The third-order valence-corrected chi connectivity index (χ3v) is 4.06. The first kappa shape index (κ1) is 14.3. The minimum Gasteiger partial charge on any atom is -0.422 e. The average Bonchev–Trinajstić information content (AvgIpc) is 3.14. The largest absolute Gasteiger partial charge is 0.422 e. The Kier molecular flexibility index (Phi) is 3.65. The van der Waals surface area contributed by atoms with E-state index in [9.17, 15) is 10.1 Å². The number of rotatable bonds is 3. The molecule has 0 aliphatic heterocycles. The SMILES string of the molecule is CC(C)n1nc(C#N)c2cc(OC(=O)c3cccs3)ccc21. The van der Waals surface area contributed by atoms with Gasteiger partial charge in [-0.15, -0.1) is 11.3 Å². The highest BCUT2D eigenvalue weighted by atomic mass is 32.1. The molecular weight excluding hydrogens is 298 g/mol. The molecule has 1 aromatic carbocycles. The average molecular weight is 311 g/mol. The first-order valence-corrected chi connectivity index (χ1v) is 7.66. The maximum absolute atomic E-state index is 12.0. The third-order valence-electron chi connectivity index (χ3n) is 3.21. The summed E-state index contributed by atoms with van der Waals surface area (Å²) in [6, 6.07) is 11.0. The predicted octanol–water partition coefficient (Wildman–Crippen LogP) is 3.77. The molecule has 3 rings (SSSR count). The van der Waals surface area contributed by atoms with Crippen molar-refractivity contribution in [1.29, 1.82) is 5.26 Å². The molecular formula is C16H13N3O2S. The Hall–Kier alpha value is -2.65. The number of hydrogen-bond donors (Lipinski definition) is 0. The van der Waals surface area contributed by atoms with Gasteiger partial charge in [0.1, 0.15) is 16.7 Å². The second kappa shape index (κ2) is 5.62. The van der Waals surface area contributed by atoms with E-state index in [1.165, 1.54) is 11.3 Å². The lowest BCUT2D eigenvalue weighted by Crippen LogP contribution is -2.06. The highest BCUT2D eigenvalue weighted by molar-refractivity contribution is 7.12. The van der Waals surface area contributed by atoms with E-state index in [2.05, 4.69) is 11.2 Å². The number of aromatic nitrogens is 2. The topological polar surface area (TPSA) is 67.9 Å². The Bertz CT molecular complexity index is 873. The molecule has 0 saturated heterocycles. The Labute approximate surface area is 131 Å². The summed E-state index contributed by atoms with van der Waals surface area (Å²) in [5, 5.41) is 16.0. The lowest BCUT2D eigenvalue weighted by atomic mass is 10.2. The van der Waals surface area contributed by atoms with Crippen LogP contribution >= 0.6 is 11.3 Å². The molecule has 0 fully saturated rings. The summed E-state index contributed by atoms with van der Waals surface area (Å²) in [6.45, 7) is 4.00. The normalized spacial score (nSPS) is 10.8. The molecule has 6 heteroatoms. The lowest BCUT2D eigenvalue weighted by molar-refractivity contribution is 0.0740. The van der Waals surface area contributed by atoms with Crippen LogP contribution in [0.25, 0.3) is 10.9 Å². The molecule has 0 amide bonds. The molecule has 0 saturated carbocycles. The van der Waals surface area contributed by atoms with Crippen molar-refractivity contribution in [3.63, 3.8) is 0 Å². The van der Waals surface area contributed by atoms with E-state index in [1.807, 2.05) is 25.3 Å². The third kappa shape index (κ3) is 2.47. The first-order valence-electron chi connectivity index (χ1n) is 6.78. The molecule has 3 aromatic rings. The standard InChI is InChI=1S/C16H13N3O2S/c1-10(2)19-14-6-5-11(8-12(14)13(9-17)18-19)21-16(20)15-4-3-7-22-15/h3-8,10H,1-2H3. The van der Waals surface area contributed by atoms with E-state index in [4.69, 9.17) is 4.74 Å². The fourth-order valence-electron chi connectivity index (χ4n) is 2.21. The van der Waals surface area contributed by atoms with E-state index in [-0.39, 0.29) is 6.04 Å². The number of fused-ring (bicyclic) bond motifs is 1. The van der Waals surface area contributed by atoms with Gasteiger partial charge in [-0.05, 0) is 43.5 Å². The van der Waals surface area contributed by atoms with Gasteiger partial charge in [-0.1, -0.05) is 6.07 Å². The molecule has 0 bridgehead atoms. The second-order valence-corrected chi connectivity index (χ2v) is 5.99. The zero-order valence-electron chi connectivity index (χ0n) is 12.1. The molecule has 2 aromatic heterocycles. The Balaban J connectivity index is 1.99. The maximum Gasteiger partial charge on any atom is 0.353 e. The quantitative estimate of drug-likeness (QED) is 0.545. The van der Waals surface area contributed by atoms with Crippen molar-refractivity contribution in [2.45, 2.75) is 19.9 Å². The molecule has 5 nitrogen and oxygen atoms in total. The second-order valence-electron chi connectivity index (χ2n) is 5.04. The summed E-state index contributed by atoms with van der Waals surface area (Å²) in [5.74, 6) is 0.00909. The van der Waals surface area contributed by atoms with Gasteiger partial charge in [-0.25, -0.2) is 4.79 Å². The molecule has 0 aliphatic carbocycles. The number of benzene rings is 1. The molecule has 0 radical (unpaired) electrons. The number of thiophene rings is 1. The van der Waals surface area contributed by atoms with Gasteiger partial charge in [-0.3, -0.25) is 4.68 Å². The van der Waals surface area contributed by atoms with Crippen molar-refractivity contribution in [2.75, 3.05) is 0 Å². The van der Waals surface area contributed by atoms with Gasteiger partial charge >= 0.3 is 5.97 Å². The van der Waals surface area contributed by atoms with E-state index < -0.39 is 5.97 Å². The van der Waals surface area contributed by atoms with Crippen LogP contribution in [-0.4, -0.2) is 15.7 Å². The maximum atomic E-state index is 12.0. The van der Waals surface area contributed by atoms with E-state index in [0.29, 0.717) is 21.7 Å². The minimum absolute atomic E-state index is 0.143. The van der Waals surface area contributed by atoms with E-state index in [0.717, 1.165) is 5.52 Å². The fourth-order valence-corrected chi connectivity index (χ4v) is 2.81. The number of nitriles is 1. The van der Waals surface area contributed by atoms with E-state index >= 15 is 0 Å². The van der Waals surface area contributed by atoms with E-state index in [1.54, 1.807) is 28.9 Å². The van der Waals surface area contributed by atoms with Crippen molar-refractivity contribution >= 4 is 28.2 Å². The van der Waals surface area contributed by atoms with Gasteiger partial charge in [-0.2, -0.15) is 10.4 Å². The zero-order chi connectivity index (χ0) is 15.7. The summed E-state index contributed by atoms with van der Waals surface area (Å²) in [6.07, 6.45) is 0. The summed E-state index contributed by atoms with van der Waals surface area (Å²) in [5.41, 5.74) is 1.18. The molecule has 0 spiro atoms. The summed E-state index contributed by atoms with van der Waals surface area (Å²) in [4.78, 5) is 12.5. The lowest BCUT2D eigenvalue weighted by Gasteiger charge is -2.07. The number of ether oxygens (including phenoxy) is 1. The van der Waals surface area contributed by atoms with Crippen LogP contribution in [0.5, 0.6) is 5.75 Å². The van der Waals surface area contributed by atoms with Crippen molar-refractivity contribution in [2.24, 2.45) is 0 Å². The highest BCUT2D eigenvalue weighted by Gasteiger charge is 2.15. The molecule has 22 heavy (non-hydrogen) atoms. The molecule has 0 atom stereocenters. The molecule has 2 heterocycles. The Morgan fingerprint density at radius 2 is 2.23 bits per heavy atom. The van der Waals surface area contributed by atoms with Crippen LogP contribution in [0.4, 0.5) is 0 Å². The van der Waals surface area contributed by atoms with Gasteiger partial charge in [0.05, 0.1) is 5.52 Å². The smallest absolute Gasteiger partial charge is 0.353 e. The van der Waals surface area contributed by atoms with Crippen LogP contribution in [0, 0.1) is 11.3 Å². The van der Waals surface area contributed by atoms with Gasteiger partial charge in [0.15, 0.2) is 5.69 Å². The molecule has 0 aliphatic rings. The van der Waals surface area contributed by atoms with Crippen LogP contribution in [-0.2, 0) is 0 Å². The zero-order valence-corrected chi connectivity index (χ0v) is 12.9. The van der Waals surface area contributed by atoms with Crippen molar-refractivity contribution in [3.8, 4) is 11.8 Å². The Morgan fingerprint density at radius 3 is 2.86 bits per heavy atom. The minimum atomic E-state index is -0.399. The summed E-state index contributed by atoms with van der Waals surface area (Å²) in [7, 11) is 0. The number of nitrogens with zero attached hydrogens (tertiary/aromatic N) is 3. The summed E-state index contributed by atoms with van der Waals surface area (Å²) < 4.78 is 7.15. The molecule has 0 unspecified atom stereocenters. The number of carbonyl (C=O) groups excluding carboxylic acids is 1. The number of hydrogen-bond acceptors (Lipinski definition) is 5. The van der Waals surface area contributed by atoms with Crippen LogP contribution in [0.2, 0.25) is 0 Å². The fraction of sp³-hybridized carbons (Fsp3) is 0.188. The predicted molar refractivity (Wildman–Crippen MR) is 84.1 cm³/mol. The van der Waals surface area contributed by atoms with Crippen molar-refractivity contribution in [1.82, 2.24) is 9.78 Å².